The fourth-order valence-corrected chi connectivity index (χ4v) is 5.04. The van der Waals surface area contributed by atoms with Gasteiger partial charge in [-0.2, -0.15) is 0 Å². The number of carbonyl (C=O) groups is 1. The van der Waals surface area contributed by atoms with Crippen molar-refractivity contribution in [2.24, 2.45) is 5.92 Å². The van der Waals surface area contributed by atoms with Gasteiger partial charge in [-0.1, -0.05) is 115 Å². The lowest BCUT2D eigenvalue weighted by molar-refractivity contribution is -0.140. The van der Waals surface area contributed by atoms with E-state index in [-0.39, 0.29) is 5.97 Å². The summed E-state index contributed by atoms with van der Waals surface area (Å²) in [5.41, 5.74) is 0. The second-order valence-electron chi connectivity index (χ2n) is 11.1. The van der Waals surface area contributed by atoms with Crippen LogP contribution in [0.3, 0.4) is 0 Å². The van der Waals surface area contributed by atoms with E-state index in [9.17, 15) is 4.79 Å². The predicted molar refractivity (Wildman–Crippen MR) is 155 cm³/mol. The van der Waals surface area contributed by atoms with Gasteiger partial charge in [-0.15, -0.1) is 0 Å². The molecule has 0 heterocycles. The average molecular weight is 494 g/mol. The Morgan fingerprint density at radius 1 is 0.657 bits per heavy atom. The number of hydrogen-bond donors (Lipinski definition) is 0. The number of rotatable bonds is 27. The molecule has 0 saturated heterocycles. The lowest BCUT2D eigenvalue weighted by atomic mass is 9.93. The minimum Gasteiger partial charge on any atom is -0.469 e. The summed E-state index contributed by atoms with van der Waals surface area (Å²) in [4.78, 5) is 13.4. The Hall–Kier alpha value is -0.830. The van der Waals surface area contributed by atoms with Crippen molar-refractivity contribution in [2.45, 2.75) is 155 Å². The highest BCUT2D eigenvalue weighted by Gasteiger charge is 2.09. The number of hydrogen-bond acceptors (Lipinski definition) is 3. The van der Waals surface area contributed by atoms with E-state index in [4.69, 9.17) is 0 Å². The first kappa shape index (κ1) is 34.2. The Kier molecular flexibility index (Phi) is 27.1. The van der Waals surface area contributed by atoms with E-state index >= 15 is 0 Å². The molecule has 0 aromatic heterocycles. The van der Waals surface area contributed by atoms with Crippen LogP contribution in [0, 0.1) is 5.92 Å². The summed E-state index contributed by atoms with van der Waals surface area (Å²) >= 11 is 0. The zero-order valence-electron chi connectivity index (χ0n) is 24.5. The molecule has 0 saturated carbocycles. The van der Waals surface area contributed by atoms with Crippen LogP contribution >= 0.6 is 0 Å². The second kappa shape index (κ2) is 27.8. The van der Waals surface area contributed by atoms with Gasteiger partial charge in [0.05, 0.1) is 7.11 Å². The monoisotopic (exact) mass is 493 g/mol. The van der Waals surface area contributed by atoms with Gasteiger partial charge in [0.25, 0.3) is 0 Å². The molecule has 0 aliphatic carbocycles. The first-order valence-electron chi connectivity index (χ1n) is 15.5. The zero-order valence-corrected chi connectivity index (χ0v) is 24.5. The van der Waals surface area contributed by atoms with Crippen molar-refractivity contribution in [3.8, 4) is 0 Å². The minimum atomic E-state index is -0.0733. The molecule has 0 aliphatic rings. The Balaban J connectivity index is 3.43. The van der Waals surface area contributed by atoms with Gasteiger partial charge in [0.1, 0.15) is 0 Å². The summed E-state index contributed by atoms with van der Waals surface area (Å²) in [6.07, 6.45) is 35.0. The largest absolute Gasteiger partial charge is 0.469 e. The van der Waals surface area contributed by atoms with Crippen molar-refractivity contribution < 1.29 is 9.53 Å². The maximum atomic E-state index is 11.0. The molecule has 0 N–H and O–H groups in total. The normalized spacial score (nSPS) is 12.6. The number of methoxy groups -OCH3 is 1. The molecular formula is C32H63NO2. The van der Waals surface area contributed by atoms with Gasteiger partial charge in [0.15, 0.2) is 0 Å². The van der Waals surface area contributed by atoms with Crippen LogP contribution in [0.15, 0.2) is 12.2 Å². The van der Waals surface area contributed by atoms with Gasteiger partial charge in [-0.25, -0.2) is 0 Å². The van der Waals surface area contributed by atoms with Crippen molar-refractivity contribution in [2.75, 3.05) is 27.7 Å². The van der Waals surface area contributed by atoms with Crippen LogP contribution in [0.1, 0.15) is 155 Å². The number of carbonyl (C=O) groups excluding carboxylic acids is 1. The van der Waals surface area contributed by atoms with Gasteiger partial charge in [-0.3, -0.25) is 4.79 Å². The third-order valence-corrected chi connectivity index (χ3v) is 7.22. The lowest BCUT2D eigenvalue weighted by Gasteiger charge is -2.21. The van der Waals surface area contributed by atoms with Crippen LogP contribution in [0.2, 0.25) is 0 Å². The van der Waals surface area contributed by atoms with E-state index in [1.54, 1.807) is 0 Å². The van der Waals surface area contributed by atoms with E-state index < -0.39 is 0 Å². The smallest absolute Gasteiger partial charge is 0.305 e. The summed E-state index contributed by atoms with van der Waals surface area (Å²) in [7, 11) is 5.94. The number of esters is 1. The third-order valence-electron chi connectivity index (χ3n) is 7.22. The molecule has 208 valence electrons. The molecule has 0 aromatic carbocycles. The number of allylic oxidation sites excluding steroid dienone is 2. The van der Waals surface area contributed by atoms with Gasteiger partial charge in [0, 0.05) is 13.0 Å². The number of nitrogens with zero attached hydrogens (tertiary/aromatic N) is 1. The molecule has 0 spiro atoms. The summed E-state index contributed by atoms with van der Waals surface area (Å²) < 4.78 is 4.67. The molecule has 3 heteroatoms. The SMILES string of the molecule is CCCCCCCC(CCCCCCCCCCC=CCCCCCCCC(=O)OC)CN(C)C. The van der Waals surface area contributed by atoms with E-state index in [0.29, 0.717) is 6.42 Å². The van der Waals surface area contributed by atoms with Gasteiger partial charge in [0.2, 0.25) is 0 Å². The number of unbranched alkanes of at least 4 members (excludes halogenated alkanes) is 17. The summed E-state index contributed by atoms with van der Waals surface area (Å²) in [6, 6.07) is 0. The van der Waals surface area contributed by atoms with Gasteiger partial charge < -0.3 is 9.64 Å². The highest BCUT2D eigenvalue weighted by molar-refractivity contribution is 5.68. The van der Waals surface area contributed by atoms with Gasteiger partial charge in [-0.05, 0) is 65.0 Å². The first-order valence-corrected chi connectivity index (χ1v) is 15.5. The summed E-state index contributed by atoms with van der Waals surface area (Å²) in [5, 5.41) is 0. The second-order valence-corrected chi connectivity index (χ2v) is 11.1. The quantitative estimate of drug-likeness (QED) is 0.0647. The molecule has 1 atom stereocenters. The van der Waals surface area contributed by atoms with Crippen LogP contribution in [0.5, 0.6) is 0 Å². The van der Waals surface area contributed by atoms with Gasteiger partial charge >= 0.3 is 5.97 Å². The molecule has 0 radical (unpaired) electrons. The molecule has 0 fully saturated rings. The maximum Gasteiger partial charge on any atom is 0.305 e. The van der Waals surface area contributed by atoms with Crippen molar-refractivity contribution in [3.63, 3.8) is 0 Å². The fourth-order valence-electron chi connectivity index (χ4n) is 5.04. The standard InChI is InChI=1S/C32H63NO2/c1-5-6-7-21-24-27-31(30-33(2)3)28-25-22-19-17-15-13-11-9-8-10-12-14-16-18-20-23-26-29-32(34)35-4/h10,12,31H,5-9,11,13-30H2,1-4H3. The summed E-state index contributed by atoms with van der Waals surface area (Å²) in [5.74, 6) is 0.841. The molecule has 0 rings (SSSR count). The van der Waals surface area contributed by atoms with Crippen molar-refractivity contribution >= 4 is 5.97 Å². The van der Waals surface area contributed by atoms with E-state index in [1.165, 1.54) is 142 Å². The van der Waals surface area contributed by atoms with Crippen molar-refractivity contribution in [1.82, 2.24) is 4.90 Å². The Morgan fingerprint density at radius 3 is 1.54 bits per heavy atom. The van der Waals surface area contributed by atoms with Crippen molar-refractivity contribution in [3.05, 3.63) is 12.2 Å². The highest BCUT2D eigenvalue weighted by atomic mass is 16.5. The molecule has 0 aromatic rings. The maximum absolute atomic E-state index is 11.0. The van der Waals surface area contributed by atoms with Crippen LogP contribution in [-0.2, 0) is 9.53 Å². The van der Waals surface area contributed by atoms with E-state index in [0.717, 1.165) is 18.8 Å². The molecular weight excluding hydrogens is 430 g/mol. The summed E-state index contributed by atoms with van der Waals surface area (Å²) in [6.45, 7) is 3.58. The van der Waals surface area contributed by atoms with Crippen molar-refractivity contribution in [1.29, 1.82) is 0 Å². The molecule has 0 aliphatic heterocycles. The Labute approximate surface area is 220 Å². The average Bonchev–Trinajstić information content (AvgIpc) is 2.84. The van der Waals surface area contributed by atoms with E-state index in [2.05, 4.69) is 42.8 Å². The van der Waals surface area contributed by atoms with Crippen LogP contribution in [0.4, 0.5) is 0 Å². The van der Waals surface area contributed by atoms with E-state index in [1.807, 2.05) is 0 Å². The Morgan fingerprint density at radius 2 is 1.09 bits per heavy atom. The highest BCUT2D eigenvalue weighted by Crippen LogP contribution is 2.20. The van der Waals surface area contributed by atoms with Crippen LogP contribution in [0.25, 0.3) is 0 Å². The molecule has 35 heavy (non-hydrogen) atoms. The molecule has 3 nitrogen and oxygen atoms in total. The topological polar surface area (TPSA) is 29.5 Å². The first-order chi connectivity index (χ1) is 17.1. The lowest BCUT2D eigenvalue weighted by Crippen LogP contribution is -2.21. The predicted octanol–water partition coefficient (Wildman–Crippen LogP) is 9.89. The third kappa shape index (κ3) is 27.6. The van der Waals surface area contributed by atoms with Crippen LogP contribution < -0.4 is 0 Å². The number of ether oxygens (including phenoxy) is 1. The molecule has 0 bridgehead atoms. The van der Waals surface area contributed by atoms with Crippen LogP contribution in [-0.4, -0.2) is 38.6 Å². The zero-order chi connectivity index (χ0) is 25.8. The molecule has 0 amide bonds. The fraction of sp³-hybridized carbons (Fsp3) is 0.906. The Bertz CT molecular complexity index is 460. The molecule has 1 unspecified atom stereocenters. The minimum absolute atomic E-state index is 0.0733.